The van der Waals surface area contributed by atoms with Crippen LogP contribution in [0.15, 0.2) is 21.7 Å². The van der Waals surface area contributed by atoms with E-state index in [1.54, 1.807) is 11.4 Å². The first-order chi connectivity index (χ1) is 8.66. The summed E-state index contributed by atoms with van der Waals surface area (Å²) in [6, 6.07) is 2.46. The molecule has 5 nitrogen and oxygen atoms in total. The molecule has 1 heterocycles. The summed E-state index contributed by atoms with van der Waals surface area (Å²) in [4.78, 5) is 0. The van der Waals surface area contributed by atoms with Crippen LogP contribution >= 0.6 is 11.3 Å². The number of hydrogen-bond donors (Lipinski definition) is 3. The van der Waals surface area contributed by atoms with Gasteiger partial charge in [-0.1, -0.05) is 26.8 Å². The maximum atomic E-state index is 12.0. The molecule has 1 aromatic heterocycles. The molecule has 1 aromatic rings. The molecule has 3 N–H and O–H groups in total. The minimum absolute atomic E-state index is 0.171. The highest BCUT2D eigenvalue weighted by Crippen LogP contribution is 2.23. The van der Waals surface area contributed by atoms with Gasteiger partial charge in [-0.25, -0.2) is 13.1 Å². The molecular weight excluding hydrogens is 286 g/mol. The van der Waals surface area contributed by atoms with Gasteiger partial charge < -0.3 is 10.2 Å². The Morgan fingerprint density at radius 2 is 2.05 bits per heavy atom. The molecule has 0 bridgehead atoms. The van der Waals surface area contributed by atoms with Crippen molar-refractivity contribution >= 4 is 21.4 Å². The quantitative estimate of drug-likeness (QED) is 0.736. The molecule has 110 valence electrons. The number of aliphatic hydroxyl groups excluding tert-OH is 2. The Balaban J connectivity index is 2.73. The third kappa shape index (κ3) is 4.85. The van der Waals surface area contributed by atoms with E-state index in [9.17, 15) is 18.6 Å². The fourth-order valence-corrected chi connectivity index (χ4v) is 3.73. The van der Waals surface area contributed by atoms with Crippen molar-refractivity contribution in [2.75, 3.05) is 6.61 Å². The monoisotopic (exact) mass is 307 g/mol. The van der Waals surface area contributed by atoms with Crippen molar-refractivity contribution < 1.29 is 18.6 Å². The number of hydrogen-bond acceptors (Lipinski definition) is 5. The predicted molar refractivity (Wildman–Crippen MR) is 75.6 cm³/mol. The van der Waals surface area contributed by atoms with Gasteiger partial charge in [0.05, 0.1) is 12.7 Å². The van der Waals surface area contributed by atoms with Crippen molar-refractivity contribution in [3.8, 4) is 0 Å². The van der Waals surface area contributed by atoms with Crippen LogP contribution in [0.2, 0.25) is 0 Å². The fourth-order valence-electron chi connectivity index (χ4n) is 1.48. The second kappa shape index (κ2) is 6.32. The molecule has 0 aliphatic carbocycles. The highest BCUT2D eigenvalue weighted by atomic mass is 32.2. The zero-order chi connectivity index (χ0) is 14.7. The van der Waals surface area contributed by atoms with Gasteiger partial charge >= 0.3 is 0 Å². The molecule has 0 amide bonds. The summed E-state index contributed by atoms with van der Waals surface area (Å²) in [5, 5.41) is 20.9. The second-order valence-electron chi connectivity index (χ2n) is 5.55. The highest BCUT2D eigenvalue weighted by Gasteiger charge is 2.28. The SMILES string of the molecule is CC(C)(C)[C@@H](O)C[C@H](CO)NS(=O)(=O)c1cccs1. The summed E-state index contributed by atoms with van der Waals surface area (Å²) in [7, 11) is -3.62. The molecule has 0 fully saturated rings. The molecule has 0 aliphatic rings. The third-order valence-electron chi connectivity index (χ3n) is 2.81. The molecule has 0 spiro atoms. The maximum absolute atomic E-state index is 12.0. The summed E-state index contributed by atoms with van der Waals surface area (Å²) in [6.07, 6.45) is -0.527. The Kier molecular flexibility index (Phi) is 5.52. The van der Waals surface area contributed by atoms with Crippen molar-refractivity contribution in [3.05, 3.63) is 17.5 Å². The van der Waals surface area contributed by atoms with Crippen LogP contribution in [0.1, 0.15) is 27.2 Å². The van der Waals surface area contributed by atoms with Gasteiger partial charge in [-0.3, -0.25) is 0 Å². The van der Waals surface area contributed by atoms with E-state index in [0.717, 1.165) is 11.3 Å². The Labute approximate surface area is 118 Å². The summed E-state index contributed by atoms with van der Waals surface area (Å²) in [5.74, 6) is 0. The van der Waals surface area contributed by atoms with Gasteiger partial charge in [-0.15, -0.1) is 11.3 Å². The minimum atomic E-state index is -3.62. The molecule has 0 saturated heterocycles. The Hall–Kier alpha value is -0.470. The minimum Gasteiger partial charge on any atom is -0.395 e. The molecule has 0 unspecified atom stereocenters. The molecule has 1 rings (SSSR count). The van der Waals surface area contributed by atoms with Crippen molar-refractivity contribution in [1.82, 2.24) is 4.72 Å². The first-order valence-corrected chi connectivity index (χ1v) is 8.38. The van der Waals surface area contributed by atoms with Gasteiger partial charge in [-0.2, -0.15) is 0 Å². The van der Waals surface area contributed by atoms with E-state index in [4.69, 9.17) is 0 Å². The van der Waals surface area contributed by atoms with Crippen LogP contribution in [0.4, 0.5) is 0 Å². The van der Waals surface area contributed by atoms with Crippen LogP contribution in [0, 0.1) is 5.41 Å². The van der Waals surface area contributed by atoms with Gasteiger partial charge in [0, 0.05) is 6.04 Å². The summed E-state index contributed by atoms with van der Waals surface area (Å²) in [6.45, 7) is 5.23. The zero-order valence-corrected chi connectivity index (χ0v) is 13.0. The number of rotatable bonds is 6. The van der Waals surface area contributed by atoms with E-state index in [0.29, 0.717) is 0 Å². The molecule has 2 atom stereocenters. The van der Waals surface area contributed by atoms with Gasteiger partial charge in [0.25, 0.3) is 0 Å². The molecule has 0 saturated carbocycles. The topological polar surface area (TPSA) is 86.6 Å². The zero-order valence-electron chi connectivity index (χ0n) is 11.3. The lowest BCUT2D eigenvalue weighted by molar-refractivity contribution is 0.0420. The van der Waals surface area contributed by atoms with E-state index in [1.807, 2.05) is 20.8 Å². The average Bonchev–Trinajstić information content (AvgIpc) is 2.80. The molecule has 0 aliphatic heterocycles. The van der Waals surface area contributed by atoms with E-state index >= 15 is 0 Å². The first kappa shape index (κ1) is 16.6. The Morgan fingerprint density at radius 3 is 2.47 bits per heavy atom. The lowest BCUT2D eigenvalue weighted by Crippen LogP contribution is -2.42. The van der Waals surface area contributed by atoms with E-state index in [-0.39, 0.29) is 22.7 Å². The first-order valence-electron chi connectivity index (χ1n) is 6.01. The molecular formula is C12H21NO4S2. The van der Waals surface area contributed by atoms with Crippen molar-refractivity contribution in [2.24, 2.45) is 5.41 Å². The lowest BCUT2D eigenvalue weighted by Gasteiger charge is -2.29. The normalized spacial score (nSPS) is 16.3. The van der Waals surface area contributed by atoms with E-state index in [2.05, 4.69) is 4.72 Å². The molecule has 0 radical (unpaired) electrons. The van der Waals surface area contributed by atoms with E-state index in [1.165, 1.54) is 6.07 Å². The number of sulfonamides is 1. The third-order valence-corrected chi connectivity index (χ3v) is 5.73. The molecule has 7 heteroatoms. The van der Waals surface area contributed by atoms with Crippen molar-refractivity contribution in [2.45, 2.75) is 43.5 Å². The van der Waals surface area contributed by atoms with Crippen LogP contribution in [-0.2, 0) is 10.0 Å². The summed E-state index contributed by atoms with van der Waals surface area (Å²) >= 11 is 1.11. The van der Waals surface area contributed by atoms with Crippen LogP contribution < -0.4 is 4.72 Å². The van der Waals surface area contributed by atoms with Gasteiger partial charge in [-0.05, 0) is 23.3 Å². The van der Waals surface area contributed by atoms with Crippen LogP contribution in [0.5, 0.6) is 0 Å². The fraction of sp³-hybridized carbons (Fsp3) is 0.667. The molecule has 19 heavy (non-hydrogen) atoms. The van der Waals surface area contributed by atoms with Gasteiger partial charge in [0.2, 0.25) is 10.0 Å². The Morgan fingerprint density at radius 1 is 1.42 bits per heavy atom. The van der Waals surface area contributed by atoms with Crippen LogP contribution in [0.25, 0.3) is 0 Å². The average molecular weight is 307 g/mol. The second-order valence-corrected chi connectivity index (χ2v) is 8.44. The summed E-state index contributed by atoms with van der Waals surface area (Å²) < 4.78 is 26.6. The predicted octanol–water partition coefficient (Wildman–Crippen LogP) is 1.18. The number of nitrogens with one attached hydrogen (secondary N) is 1. The van der Waals surface area contributed by atoms with Crippen LogP contribution in [0.3, 0.4) is 0 Å². The maximum Gasteiger partial charge on any atom is 0.250 e. The van der Waals surface area contributed by atoms with Gasteiger partial charge in [0.15, 0.2) is 0 Å². The van der Waals surface area contributed by atoms with Crippen molar-refractivity contribution in [1.29, 1.82) is 0 Å². The van der Waals surface area contributed by atoms with E-state index < -0.39 is 22.2 Å². The molecule has 0 aromatic carbocycles. The lowest BCUT2D eigenvalue weighted by atomic mass is 9.86. The van der Waals surface area contributed by atoms with Crippen LogP contribution in [-0.4, -0.2) is 37.4 Å². The number of thiophene rings is 1. The smallest absolute Gasteiger partial charge is 0.250 e. The van der Waals surface area contributed by atoms with Gasteiger partial charge in [0.1, 0.15) is 4.21 Å². The highest BCUT2D eigenvalue weighted by molar-refractivity contribution is 7.91. The van der Waals surface area contributed by atoms with Crippen molar-refractivity contribution in [3.63, 3.8) is 0 Å². The number of aliphatic hydroxyl groups is 2. The summed E-state index contributed by atoms with van der Waals surface area (Å²) in [5.41, 5.74) is -0.359. The largest absolute Gasteiger partial charge is 0.395 e. The Bertz CT molecular complexity index is 476. The standard InChI is InChI=1S/C12H21NO4S2/c1-12(2,3)10(15)7-9(8-14)13-19(16,17)11-5-4-6-18-11/h4-6,9-10,13-15H,7-8H2,1-3H3/t9-,10+/m1/s1.